The predicted molar refractivity (Wildman–Crippen MR) is 67.4 cm³/mol. The van der Waals surface area contributed by atoms with Gasteiger partial charge in [-0.1, -0.05) is 32.6 Å². The molecule has 0 aromatic carbocycles. The number of thiazole rings is 1. The Hall–Kier alpha value is -0.410. The van der Waals surface area contributed by atoms with Crippen LogP contribution in [0.4, 0.5) is 0 Å². The van der Waals surface area contributed by atoms with Crippen molar-refractivity contribution >= 4 is 11.3 Å². The fourth-order valence-electron chi connectivity index (χ4n) is 1.56. The van der Waals surface area contributed by atoms with Crippen molar-refractivity contribution in [2.75, 3.05) is 13.1 Å². The van der Waals surface area contributed by atoms with E-state index in [1.807, 2.05) is 5.51 Å². The lowest BCUT2D eigenvalue weighted by Crippen LogP contribution is -2.18. The minimum absolute atomic E-state index is 1.07. The van der Waals surface area contributed by atoms with Gasteiger partial charge < -0.3 is 5.32 Å². The summed E-state index contributed by atoms with van der Waals surface area (Å²) in [7, 11) is 0. The highest BCUT2D eigenvalue weighted by Crippen LogP contribution is 2.02. The minimum Gasteiger partial charge on any atom is -0.316 e. The van der Waals surface area contributed by atoms with Crippen molar-refractivity contribution in [1.82, 2.24) is 10.3 Å². The van der Waals surface area contributed by atoms with E-state index in [2.05, 4.69) is 22.6 Å². The highest BCUT2D eigenvalue weighted by Gasteiger charge is 1.94. The maximum absolute atomic E-state index is 4.25. The molecule has 0 radical (unpaired) electrons. The fraction of sp³-hybridized carbons (Fsp3) is 0.750. The van der Waals surface area contributed by atoms with Gasteiger partial charge in [-0.15, -0.1) is 11.3 Å². The normalized spacial score (nSPS) is 10.7. The van der Waals surface area contributed by atoms with Gasteiger partial charge in [0, 0.05) is 18.3 Å². The number of hydrogen-bond donors (Lipinski definition) is 1. The van der Waals surface area contributed by atoms with Crippen LogP contribution in [0.5, 0.6) is 0 Å². The Morgan fingerprint density at radius 1 is 1.20 bits per heavy atom. The summed E-state index contributed by atoms with van der Waals surface area (Å²) in [6.45, 7) is 4.48. The minimum atomic E-state index is 1.07. The van der Waals surface area contributed by atoms with Crippen molar-refractivity contribution < 1.29 is 0 Å². The molecule has 0 amide bonds. The Balaban J connectivity index is 1.81. The van der Waals surface area contributed by atoms with Gasteiger partial charge in [0.05, 0.1) is 11.2 Å². The van der Waals surface area contributed by atoms with E-state index in [9.17, 15) is 0 Å². The number of nitrogens with one attached hydrogen (secondary N) is 1. The van der Waals surface area contributed by atoms with E-state index in [1.54, 1.807) is 11.3 Å². The molecule has 0 unspecified atom stereocenters. The molecule has 0 aliphatic heterocycles. The fourth-order valence-corrected chi connectivity index (χ4v) is 2.15. The zero-order valence-corrected chi connectivity index (χ0v) is 10.5. The third-order valence-electron chi connectivity index (χ3n) is 2.50. The van der Waals surface area contributed by atoms with E-state index in [4.69, 9.17) is 0 Å². The second kappa shape index (κ2) is 8.86. The van der Waals surface area contributed by atoms with Gasteiger partial charge in [0.15, 0.2) is 0 Å². The predicted octanol–water partition coefficient (Wildman–Crippen LogP) is 3.25. The molecule has 0 spiro atoms. The quantitative estimate of drug-likeness (QED) is 0.654. The standard InChI is InChI=1S/C12H22N2S/c1-2-3-4-5-6-8-13-9-7-12-10-15-11-14-12/h10-11,13H,2-9H2,1H3. The summed E-state index contributed by atoms with van der Waals surface area (Å²) in [5.41, 5.74) is 3.12. The van der Waals surface area contributed by atoms with Gasteiger partial charge in [0.2, 0.25) is 0 Å². The van der Waals surface area contributed by atoms with E-state index < -0.39 is 0 Å². The first-order valence-corrected chi connectivity index (χ1v) is 6.95. The highest BCUT2D eigenvalue weighted by molar-refractivity contribution is 7.07. The van der Waals surface area contributed by atoms with Crippen LogP contribution in [0.1, 0.15) is 44.7 Å². The lowest BCUT2D eigenvalue weighted by Gasteiger charge is -2.03. The first-order chi connectivity index (χ1) is 7.43. The lowest BCUT2D eigenvalue weighted by molar-refractivity contribution is 0.583. The van der Waals surface area contributed by atoms with Gasteiger partial charge in [0.25, 0.3) is 0 Å². The van der Waals surface area contributed by atoms with Gasteiger partial charge in [-0.25, -0.2) is 4.98 Å². The Bertz CT molecular complexity index is 222. The zero-order valence-electron chi connectivity index (χ0n) is 9.67. The van der Waals surface area contributed by atoms with Gasteiger partial charge in [-0.3, -0.25) is 0 Å². The Labute approximate surface area is 97.1 Å². The van der Waals surface area contributed by atoms with Crippen LogP contribution < -0.4 is 5.32 Å². The second-order valence-electron chi connectivity index (χ2n) is 3.89. The van der Waals surface area contributed by atoms with Crippen molar-refractivity contribution in [3.05, 3.63) is 16.6 Å². The van der Waals surface area contributed by atoms with E-state index in [1.165, 1.54) is 37.8 Å². The number of nitrogens with zero attached hydrogens (tertiary/aromatic N) is 1. The van der Waals surface area contributed by atoms with Crippen molar-refractivity contribution in [3.63, 3.8) is 0 Å². The smallest absolute Gasteiger partial charge is 0.0794 e. The van der Waals surface area contributed by atoms with Crippen LogP contribution in [0.15, 0.2) is 10.9 Å². The molecule has 0 aliphatic carbocycles. The van der Waals surface area contributed by atoms with Gasteiger partial charge in [-0.05, 0) is 13.0 Å². The summed E-state index contributed by atoms with van der Waals surface area (Å²) in [5, 5.41) is 5.59. The van der Waals surface area contributed by atoms with Crippen molar-refractivity contribution in [1.29, 1.82) is 0 Å². The zero-order chi connectivity index (χ0) is 10.8. The molecule has 0 aliphatic rings. The SMILES string of the molecule is CCCCCCCNCCc1cscn1. The molecule has 1 aromatic heterocycles. The van der Waals surface area contributed by atoms with Gasteiger partial charge >= 0.3 is 0 Å². The van der Waals surface area contributed by atoms with Crippen molar-refractivity contribution in [2.45, 2.75) is 45.4 Å². The molecule has 0 saturated carbocycles. The Morgan fingerprint density at radius 3 is 2.80 bits per heavy atom. The van der Waals surface area contributed by atoms with Gasteiger partial charge in [0.1, 0.15) is 0 Å². The van der Waals surface area contributed by atoms with Crippen LogP contribution in [0, 0.1) is 0 Å². The third-order valence-corrected chi connectivity index (χ3v) is 3.13. The summed E-state index contributed by atoms with van der Waals surface area (Å²) in [4.78, 5) is 4.25. The molecule has 1 rings (SSSR count). The van der Waals surface area contributed by atoms with E-state index >= 15 is 0 Å². The molecular weight excluding hydrogens is 204 g/mol. The summed E-state index contributed by atoms with van der Waals surface area (Å²) >= 11 is 1.68. The van der Waals surface area contributed by atoms with Crippen LogP contribution >= 0.6 is 11.3 Å². The average Bonchev–Trinajstić information content (AvgIpc) is 2.75. The topological polar surface area (TPSA) is 24.9 Å². The summed E-state index contributed by atoms with van der Waals surface area (Å²) in [5.74, 6) is 0. The third kappa shape index (κ3) is 6.63. The molecule has 86 valence electrons. The van der Waals surface area contributed by atoms with Crippen LogP contribution in [-0.4, -0.2) is 18.1 Å². The number of aromatic nitrogens is 1. The Kier molecular flexibility index (Phi) is 7.48. The summed E-state index contributed by atoms with van der Waals surface area (Å²) in [6.07, 6.45) is 7.87. The molecule has 0 bridgehead atoms. The average molecular weight is 226 g/mol. The molecule has 0 atom stereocenters. The first-order valence-electron chi connectivity index (χ1n) is 6.01. The van der Waals surface area contributed by atoms with Crippen LogP contribution in [0.3, 0.4) is 0 Å². The first kappa shape index (κ1) is 12.7. The molecule has 1 aromatic rings. The Morgan fingerprint density at radius 2 is 2.07 bits per heavy atom. The number of hydrogen-bond acceptors (Lipinski definition) is 3. The molecule has 2 nitrogen and oxygen atoms in total. The summed E-state index contributed by atoms with van der Waals surface area (Å²) < 4.78 is 0. The maximum atomic E-state index is 4.25. The molecule has 15 heavy (non-hydrogen) atoms. The van der Waals surface area contributed by atoms with Crippen LogP contribution in [0.2, 0.25) is 0 Å². The second-order valence-corrected chi connectivity index (χ2v) is 4.61. The lowest BCUT2D eigenvalue weighted by atomic mass is 10.1. The molecule has 0 fully saturated rings. The van der Waals surface area contributed by atoms with Crippen LogP contribution in [-0.2, 0) is 6.42 Å². The maximum Gasteiger partial charge on any atom is 0.0794 e. The van der Waals surface area contributed by atoms with E-state index in [0.717, 1.165) is 19.5 Å². The summed E-state index contributed by atoms with van der Waals surface area (Å²) in [6, 6.07) is 0. The molecule has 1 heterocycles. The van der Waals surface area contributed by atoms with E-state index in [0.29, 0.717) is 0 Å². The molecule has 1 N–H and O–H groups in total. The van der Waals surface area contributed by atoms with E-state index in [-0.39, 0.29) is 0 Å². The molecule has 0 saturated heterocycles. The largest absolute Gasteiger partial charge is 0.316 e. The highest BCUT2D eigenvalue weighted by atomic mass is 32.1. The number of rotatable bonds is 9. The molecule has 3 heteroatoms. The van der Waals surface area contributed by atoms with Crippen molar-refractivity contribution in [3.8, 4) is 0 Å². The van der Waals surface area contributed by atoms with Crippen molar-refractivity contribution in [2.24, 2.45) is 0 Å². The van der Waals surface area contributed by atoms with Crippen LogP contribution in [0.25, 0.3) is 0 Å². The monoisotopic (exact) mass is 226 g/mol. The molecular formula is C12H22N2S. The van der Waals surface area contributed by atoms with Gasteiger partial charge in [-0.2, -0.15) is 0 Å². The number of unbranched alkanes of at least 4 members (excludes halogenated alkanes) is 4.